The predicted molar refractivity (Wildman–Crippen MR) is 161 cm³/mol. The maximum absolute atomic E-state index is 13.7. The molecule has 2 unspecified atom stereocenters. The number of rotatable bonds is 11. The van der Waals surface area contributed by atoms with Crippen LogP contribution in [0.2, 0.25) is 0 Å². The molecule has 2 amide bonds. The Morgan fingerprint density at radius 3 is 2.52 bits per heavy atom. The molecular formula is C33H37F2N4O5+. The Bertz CT molecular complexity index is 1520. The van der Waals surface area contributed by atoms with Crippen LogP contribution < -0.4 is 30.2 Å². The summed E-state index contributed by atoms with van der Waals surface area (Å²) in [4.78, 5) is 24.9. The topological polar surface area (TPSA) is 126 Å². The lowest BCUT2D eigenvalue weighted by Crippen LogP contribution is -2.71. The summed E-state index contributed by atoms with van der Waals surface area (Å²) in [5.41, 5.74) is 3.22. The average Bonchev–Trinajstić information content (AvgIpc) is 3.53. The van der Waals surface area contributed by atoms with Crippen LogP contribution >= 0.6 is 0 Å². The first-order valence-electron chi connectivity index (χ1n) is 14.8. The molecule has 3 aromatic rings. The van der Waals surface area contributed by atoms with E-state index in [1.165, 1.54) is 6.21 Å². The van der Waals surface area contributed by atoms with Crippen LogP contribution in [0.25, 0.3) is 0 Å². The van der Waals surface area contributed by atoms with Gasteiger partial charge < -0.3 is 30.3 Å². The molecule has 0 spiro atoms. The number of alkyl halides is 2. The van der Waals surface area contributed by atoms with Gasteiger partial charge in [0.15, 0.2) is 11.5 Å². The fourth-order valence-electron chi connectivity index (χ4n) is 5.42. The van der Waals surface area contributed by atoms with Crippen molar-refractivity contribution >= 4 is 29.4 Å². The van der Waals surface area contributed by atoms with Gasteiger partial charge in [-0.05, 0) is 61.7 Å². The average molecular weight is 608 g/mol. The summed E-state index contributed by atoms with van der Waals surface area (Å²) in [6, 6.07) is 17.0. The molecular weight excluding hydrogens is 570 g/mol. The van der Waals surface area contributed by atoms with Crippen molar-refractivity contribution in [1.29, 1.82) is 5.41 Å². The van der Waals surface area contributed by atoms with Gasteiger partial charge in [0.25, 0.3) is 11.8 Å². The van der Waals surface area contributed by atoms with E-state index in [0.29, 0.717) is 54.1 Å². The van der Waals surface area contributed by atoms with E-state index in [0.717, 1.165) is 37.1 Å². The molecule has 9 nitrogen and oxygen atoms in total. The number of ether oxygens (including phenoxy) is 3. The van der Waals surface area contributed by atoms with Gasteiger partial charge in [0, 0.05) is 36.9 Å². The maximum atomic E-state index is 13.7. The molecule has 0 saturated heterocycles. The second-order valence-corrected chi connectivity index (χ2v) is 11.3. The molecule has 2 atom stereocenters. The smallest absolute Gasteiger partial charge is 0.321 e. The number of quaternary nitrogens is 1. The van der Waals surface area contributed by atoms with Crippen molar-refractivity contribution < 1.29 is 37.9 Å². The quantitative estimate of drug-likeness (QED) is 0.182. The number of amides is 2. The molecule has 3 aromatic carbocycles. The van der Waals surface area contributed by atoms with E-state index < -0.39 is 24.0 Å². The Kier molecular flexibility index (Phi) is 9.43. The lowest BCUT2D eigenvalue weighted by atomic mass is 10.0. The van der Waals surface area contributed by atoms with Crippen molar-refractivity contribution in [2.45, 2.75) is 63.6 Å². The number of halogens is 2. The molecule has 0 aromatic heterocycles. The van der Waals surface area contributed by atoms with Crippen LogP contribution in [0, 0.1) is 5.41 Å². The van der Waals surface area contributed by atoms with Crippen LogP contribution in [0.15, 0.2) is 60.7 Å². The number of nitrogens with one attached hydrogen (secondary N) is 3. The van der Waals surface area contributed by atoms with Crippen LogP contribution in [0.3, 0.4) is 0 Å². The molecule has 5 rings (SSSR count). The zero-order valence-corrected chi connectivity index (χ0v) is 24.7. The Labute approximate surface area is 254 Å². The second-order valence-electron chi connectivity index (χ2n) is 11.3. The highest BCUT2D eigenvalue weighted by atomic mass is 19.3. The van der Waals surface area contributed by atoms with E-state index in [2.05, 4.69) is 10.6 Å². The Hall–Kier alpha value is -4.51. The molecule has 11 heteroatoms. The third-order valence-electron chi connectivity index (χ3n) is 7.74. The van der Waals surface area contributed by atoms with Gasteiger partial charge >= 0.3 is 5.92 Å². The summed E-state index contributed by atoms with van der Waals surface area (Å²) in [5.74, 6) is -3.66. The predicted octanol–water partition coefficient (Wildman–Crippen LogP) is 4.93. The van der Waals surface area contributed by atoms with E-state index in [1.54, 1.807) is 49.4 Å². The number of hydrogen-bond acceptors (Lipinski definition) is 6. The van der Waals surface area contributed by atoms with E-state index in [9.17, 15) is 18.4 Å². The van der Waals surface area contributed by atoms with E-state index in [-0.39, 0.29) is 11.9 Å². The van der Waals surface area contributed by atoms with Crippen molar-refractivity contribution in [2.75, 3.05) is 13.2 Å². The standard InChI is InChI=1S/C33H36F2N4O5/c1-20(37-32(41)33(2,34)35)30(21-10-13-28-29(18-21)43-15-14-42-28)44-26-11-12-27(23(17-26)19-36)38-25-9-5-6-22(16-25)31(40)39-24-7-3-4-8-24/h5-6,9-13,16-20,24,30,36,38H,3-4,7-8,14-15H2,1-2H3,(H,37,41)(H,39,40)/p+1. The van der Waals surface area contributed by atoms with Crippen LogP contribution in [0.5, 0.6) is 17.2 Å². The van der Waals surface area contributed by atoms with Crippen LogP contribution in [-0.4, -0.2) is 49.2 Å². The number of fused-ring (bicyclic) bond motifs is 1. The van der Waals surface area contributed by atoms with Gasteiger partial charge in [-0.3, -0.25) is 14.9 Å². The molecule has 1 aliphatic heterocycles. The van der Waals surface area contributed by atoms with Gasteiger partial charge in [-0.15, -0.1) is 0 Å². The highest BCUT2D eigenvalue weighted by Gasteiger charge is 2.35. The van der Waals surface area contributed by atoms with Crippen molar-refractivity contribution in [3.8, 4) is 17.2 Å². The Morgan fingerprint density at radius 1 is 1.05 bits per heavy atom. The lowest BCUT2D eigenvalue weighted by molar-refractivity contribution is -0.478. The summed E-state index contributed by atoms with van der Waals surface area (Å²) < 4.78 is 45.1. The van der Waals surface area contributed by atoms with Gasteiger partial charge in [-0.2, -0.15) is 8.78 Å². The normalized spacial score (nSPS) is 16.1. The first kappa shape index (κ1) is 30.9. The van der Waals surface area contributed by atoms with E-state index in [4.69, 9.17) is 19.6 Å². The molecule has 0 radical (unpaired) electrons. The fourth-order valence-corrected chi connectivity index (χ4v) is 5.42. The second kappa shape index (κ2) is 13.4. The maximum Gasteiger partial charge on any atom is 0.321 e. The summed E-state index contributed by atoms with van der Waals surface area (Å²) in [6.45, 7) is 2.90. The van der Waals surface area contributed by atoms with Crippen molar-refractivity contribution in [3.05, 3.63) is 77.4 Å². The molecule has 232 valence electrons. The van der Waals surface area contributed by atoms with Gasteiger partial charge in [0.1, 0.15) is 36.4 Å². The third kappa shape index (κ3) is 7.52. The van der Waals surface area contributed by atoms with Crippen LogP contribution in [0.1, 0.15) is 67.1 Å². The number of hydrogen-bond donors (Lipinski definition) is 4. The zero-order valence-electron chi connectivity index (χ0n) is 24.7. The molecule has 1 saturated carbocycles. The fraction of sp³-hybridized carbons (Fsp3) is 0.364. The first-order chi connectivity index (χ1) is 21.1. The minimum atomic E-state index is -3.56. The van der Waals surface area contributed by atoms with Gasteiger partial charge in [0.05, 0.1) is 11.6 Å². The first-order valence-corrected chi connectivity index (χ1v) is 14.8. The third-order valence-corrected chi connectivity index (χ3v) is 7.74. The largest absolute Gasteiger partial charge is 0.486 e. The summed E-state index contributed by atoms with van der Waals surface area (Å²) in [7, 11) is 0. The van der Waals surface area contributed by atoms with Crippen molar-refractivity contribution in [2.24, 2.45) is 0 Å². The monoisotopic (exact) mass is 607 g/mol. The molecule has 44 heavy (non-hydrogen) atoms. The zero-order chi connectivity index (χ0) is 31.3. The molecule has 1 fully saturated rings. The minimum Gasteiger partial charge on any atom is -0.486 e. The Balaban J connectivity index is 1.36. The molecule has 2 aliphatic rings. The number of carbonyl (C=O) groups excluding carboxylic acids is 2. The van der Waals surface area contributed by atoms with Crippen LogP contribution in [-0.2, 0) is 4.79 Å². The van der Waals surface area contributed by atoms with Crippen LogP contribution in [0.4, 0.5) is 20.2 Å². The van der Waals surface area contributed by atoms with Crippen molar-refractivity contribution in [1.82, 2.24) is 10.6 Å². The SMILES string of the molecule is CC(NC(=O)C(C)(F)F)C(Oc1ccc([NH2+]c2cccc(C(=O)NC3CCCC3)c2)c(C=N)c1)c1ccc2c(c1)OCCO2. The molecule has 1 aliphatic carbocycles. The molecule has 1 heterocycles. The number of carbonyl (C=O) groups is 2. The summed E-state index contributed by atoms with van der Waals surface area (Å²) in [6.07, 6.45) is 4.58. The summed E-state index contributed by atoms with van der Waals surface area (Å²) >= 11 is 0. The summed E-state index contributed by atoms with van der Waals surface area (Å²) in [5, 5.41) is 15.4. The van der Waals surface area contributed by atoms with Gasteiger partial charge in [-0.1, -0.05) is 25.0 Å². The lowest BCUT2D eigenvalue weighted by Gasteiger charge is -2.28. The van der Waals surface area contributed by atoms with Crippen molar-refractivity contribution in [3.63, 3.8) is 0 Å². The minimum absolute atomic E-state index is 0.101. The highest BCUT2D eigenvalue weighted by molar-refractivity contribution is 5.95. The van der Waals surface area contributed by atoms with E-state index >= 15 is 0 Å². The Morgan fingerprint density at radius 2 is 1.80 bits per heavy atom. The molecule has 0 bridgehead atoms. The molecule has 5 N–H and O–H groups in total. The van der Waals surface area contributed by atoms with E-state index in [1.807, 2.05) is 23.5 Å². The number of benzene rings is 3. The number of nitrogens with two attached hydrogens (primary N) is 1. The van der Waals surface area contributed by atoms with Gasteiger partial charge in [0.2, 0.25) is 0 Å². The highest BCUT2D eigenvalue weighted by Crippen LogP contribution is 2.35. The van der Waals surface area contributed by atoms with Gasteiger partial charge in [-0.25, -0.2) is 0 Å².